The molecule has 2 aromatic carbocycles. The number of hydrogen-bond donors (Lipinski definition) is 2. The summed E-state index contributed by atoms with van der Waals surface area (Å²) in [6, 6.07) is 3.59. The van der Waals surface area contributed by atoms with Gasteiger partial charge in [-0.3, -0.25) is 10.00 Å². The third kappa shape index (κ3) is 4.07. The maximum absolute atomic E-state index is 16.7. The molecule has 2 aromatic heterocycles. The first-order valence-electron chi connectivity index (χ1n) is 14.6. The average Bonchev–Trinajstić information content (AvgIpc) is 3.73. The van der Waals surface area contributed by atoms with Crippen molar-refractivity contribution in [3.8, 4) is 17.1 Å². The van der Waals surface area contributed by atoms with Crippen LogP contribution in [0, 0.1) is 18.6 Å². The molecule has 0 saturated carbocycles. The number of hydrogen-bond acceptors (Lipinski definition) is 7. The Balaban J connectivity index is 1.28. The van der Waals surface area contributed by atoms with Crippen LogP contribution in [0.1, 0.15) is 37.7 Å². The molecule has 8 nitrogen and oxygen atoms in total. The maximum atomic E-state index is 16.7. The Morgan fingerprint density at radius 1 is 1.10 bits per heavy atom. The topological polar surface area (TPSA) is 82.2 Å². The van der Waals surface area contributed by atoms with Crippen LogP contribution in [0.2, 0.25) is 5.02 Å². The molecular formula is C30H31ClF3N7O. The largest absolute Gasteiger partial charge is 0.461 e. The van der Waals surface area contributed by atoms with Gasteiger partial charge in [-0.15, -0.1) is 0 Å². The van der Waals surface area contributed by atoms with E-state index in [9.17, 15) is 4.39 Å². The molecule has 0 aliphatic carbocycles. The molecule has 8 rings (SSSR count). The minimum Gasteiger partial charge on any atom is -0.461 e. The number of anilines is 1. The van der Waals surface area contributed by atoms with Gasteiger partial charge in [0.05, 0.1) is 22.8 Å². The van der Waals surface area contributed by atoms with Gasteiger partial charge in [0.15, 0.2) is 5.82 Å². The third-order valence-electron chi connectivity index (χ3n) is 9.78. The van der Waals surface area contributed by atoms with Crippen LogP contribution >= 0.6 is 11.6 Å². The van der Waals surface area contributed by atoms with Crippen molar-refractivity contribution in [1.82, 2.24) is 30.4 Å². The van der Waals surface area contributed by atoms with Crippen molar-refractivity contribution in [3.63, 3.8) is 0 Å². The molecule has 2 N–H and O–H groups in total. The minimum absolute atomic E-state index is 0.0136. The van der Waals surface area contributed by atoms with Crippen LogP contribution in [0.15, 0.2) is 18.3 Å². The molecule has 0 radical (unpaired) electrons. The van der Waals surface area contributed by atoms with Crippen molar-refractivity contribution >= 4 is 39.2 Å². The summed E-state index contributed by atoms with van der Waals surface area (Å²) in [5.41, 5.74) is 0.779. The number of ether oxygens (including phenoxy) is 1. The van der Waals surface area contributed by atoms with Crippen LogP contribution in [-0.2, 0) is 0 Å². The van der Waals surface area contributed by atoms with Crippen LogP contribution in [0.4, 0.5) is 19.0 Å². The fourth-order valence-corrected chi connectivity index (χ4v) is 8.00. The second kappa shape index (κ2) is 9.68. The summed E-state index contributed by atoms with van der Waals surface area (Å²) in [6.07, 6.45) is 4.92. The number of fused-ring (bicyclic) bond motifs is 5. The summed E-state index contributed by atoms with van der Waals surface area (Å²) in [5.74, 6) is -1.09. The fraction of sp³-hybridized carbons (Fsp3) is 0.500. The molecule has 4 aliphatic heterocycles. The minimum atomic E-state index is -0.901. The van der Waals surface area contributed by atoms with Gasteiger partial charge in [0.2, 0.25) is 0 Å². The van der Waals surface area contributed by atoms with Crippen molar-refractivity contribution in [2.45, 2.75) is 62.8 Å². The molecule has 0 amide bonds. The lowest BCUT2D eigenvalue weighted by atomic mass is 9.94. The zero-order valence-electron chi connectivity index (χ0n) is 23.2. The lowest BCUT2D eigenvalue weighted by Crippen LogP contribution is -2.51. The van der Waals surface area contributed by atoms with Gasteiger partial charge in [-0.1, -0.05) is 11.6 Å². The van der Waals surface area contributed by atoms with E-state index < -0.39 is 23.3 Å². The van der Waals surface area contributed by atoms with Crippen molar-refractivity contribution in [2.24, 2.45) is 0 Å². The molecule has 4 atom stereocenters. The van der Waals surface area contributed by atoms with Gasteiger partial charge in [-0.2, -0.15) is 15.1 Å². The van der Waals surface area contributed by atoms with Crippen LogP contribution in [0.3, 0.4) is 0 Å². The van der Waals surface area contributed by atoms with E-state index in [1.807, 2.05) is 0 Å². The summed E-state index contributed by atoms with van der Waals surface area (Å²) < 4.78 is 53.4. The predicted molar refractivity (Wildman–Crippen MR) is 155 cm³/mol. The molecular weight excluding hydrogens is 567 g/mol. The first-order valence-corrected chi connectivity index (χ1v) is 15.0. The molecule has 220 valence electrons. The smallest absolute Gasteiger partial charge is 0.319 e. The normalized spacial score (nSPS) is 27.5. The van der Waals surface area contributed by atoms with Crippen molar-refractivity contribution in [2.75, 3.05) is 37.7 Å². The van der Waals surface area contributed by atoms with Gasteiger partial charge in [0.25, 0.3) is 0 Å². The SMILES string of the molecule is Cc1c(Cl)cc2[nH]ncc2c1-c1c(F)cc2c(N3CC4CCC(C3)N4)nc(OC[C@@]34CCCN3C[C@H](F)C4)nc2c1F. The monoisotopic (exact) mass is 597 g/mol. The number of piperazine rings is 1. The molecule has 4 aromatic rings. The standard InChI is InChI=1S/C30H31ClF3N7O/c1-15-21(31)8-23-20(10-35-39-23)24(15)25-22(33)7-19-27(26(25)34)37-29(38-28(19)40-12-17-3-4-18(13-40)36-17)42-14-30-5-2-6-41(30)11-16(32)9-30/h7-8,10,16-18,36H,2-6,9,11-14H2,1H3,(H,35,39)/t16-,17?,18?,30+/m1/s1. The molecule has 6 heterocycles. The highest BCUT2D eigenvalue weighted by atomic mass is 35.5. The number of nitrogens with zero attached hydrogens (tertiary/aromatic N) is 5. The molecule has 4 fully saturated rings. The number of halogens is 4. The first kappa shape index (κ1) is 26.5. The summed E-state index contributed by atoms with van der Waals surface area (Å²) in [5, 5.41) is 11.7. The highest BCUT2D eigenvalue weighted by molar-refractivity contribution is 6.33. The average molecular weight is 598 g/mol. The van der Waals surface area contributed by atoms with Gasteiger partial charge in [-0.05, 0) is 56.8 Å². The summed E-state index contributed by atoms with van der Waals surface area (Å²) in [7, 11) is 0. The molecule has 0 spiro atoms. The fourth-order valence-electron chi connectivity index (χ4n) is 7.80. The number of aromatic amines is 1. The van der Waals surface area contributed by atoms with Gasteiger partial charge < -0.3 is 15.0 Å². The number of benzene rings is 2. The predicted octanol–water partition coefficient (Wildman–Crippen LogP) is 5.31. The van der Waals surface area contributed by atoms with E-state index in [-0.39, 0.29) is 41.2 Å². The second-order valence-corrected chi connectivity index (χ2v) is 12.8. The highest BCUT2D eigenvalue weighted by Gasteiger charge is 2.49. The Labute approximate surface area is 245 Å². The van der Waals surface area contributed by atoms with Crippen LogP contribution in [-0.4, -0.2) is 81.6 Å². The highest BCUT2D eigenvalue weighted by Crippen LogP contribution is 2.43. The lowest BCUT2D eigenvalue weighted by molar-refractivity contribution is 0.107. The third-order valence-corrected chi connectivity index (χ3v) is 10.2. The number of nitrogens with one attached hydrogen (secondary N) is 2. The van der Waals surface area contributed by atoms with Crippen LogP contribution in [0.5, 0.6) is 6.01 Å². The zero-order chi connectivity index (χ0) is 28.7. The van der Waals surface area contributed by atoms with Crippen LogP contribution < -0.4 is 15.0 Å². The van der Waals surface area contributed by atoms with E-state index in [0.29, 0.717) is 58.9 Å². The Morgan fingerprint density at radius 3 is 2.71 bits per heavy atom. The molecule has 4 aliphatic rings. The number of H-pyrrole nitrogens is 1. The van der Waals surface area contributed by atoms with E-state index in [4.69, 9.17) is 21.3 Å². The summed E-state index contributed by atoms with van der Waals surface area (Å²) >= 11 is 6.48. The number of rotatable bonds is 5. The lowest BCUT2D eigenvalue weighted by Gasteiger charge is -2.34. The Kier molecular flexibility index (Phi) is 6.10. The Bertz CT molecular complexity index is 1720. The number of alkyl halides is 1. The Morgan fingerprint density at radius 2 is 1.90 bits per heavy atom. The molecule has 2 unspecified atom stereocenters. The van der Waals surface area contributed by atoms with Crippen molar-refractivity contribution < 1.29 is 17.9 Å². The second-order valence-electron chi connectivity index (χ2n) is 12.4. The van der Waals surface area contributed by atoms with E-state index in [1.165, 1.54) is 6.07 Å². The molecule has 2 bridgehead atoms. The molecule has 12 heteroatoms. The van der Waals surface area contributed by atoms with E-state index >= 15 is 8.78 Å². The quantitative estimate of drug-likeness (QED) is 0.323. The molecule has 4 saturated heterocycles. The first-order chi connectivity index (χ1) is 20.3. The summed E-state index contributed by atoms with van der Waals surface area (Å²) in [4.78, 5) is 13.5. The Hall–Kier alpha value is -3.15. The number of aromatic nitrogens is 4. The van der Waals surface area contributed by atoms with Gasteiger partial charge in [0.1, 0.15) is 29.9 Å². The van der Waals surface area contributed by atoms with E-state index in [0.717, 1.165) is 32.2 Å². The van der Waals surface area contributed by atoms with Gasteiger partial charge in [-0.25, -0.2) is 13.2 Å². The summed E-state index contributed by atoms with van der Waals surface area (Å²) in [6.45, 7) is 4.50. The van der Waals surface area contributed by atoms with E-state index in [1.54, 1.807) is 19.2 Å². The van der Waals surface area contributed by atoms with Crippen molar-refractivity contribution in [3.05, 3.63) is 40.6 Å². The zero-order valence-corrected chi connectivity index (χ0v) is 23.9. The van der Waals surface area contributed by atoms with Crippen LogP contribution in [0.25, 0.3) is 32.9 Å². The van der Waals surface area contributed by atoms with Gasteiger partial charge in [0, 0.05) is 59.5 Å². The molecule has 42 heavy (non-hydrogen) atoms. The van der Waals surface area contributed by atoms with E-state index in [2.05, 4.69) is 30.3 Å². The maximum Gasteiger partial charge on any atom is 0.319 e. The van der Waals surface area contributed by atoms with Gasteiger partial charge >= 0.3 is 6.01 Å². The van der Waals surface area contributed by atoms with Crippen molar-refractivity contribution in [1.29, 1.82) is 0 Å².